The van der Waals surface area contributed by atoms with Crippen molar-refractivity contribution in [1.29, 1.82) is 0 Å². The van der Waals surface area contributed by atoms with E-state index in [1.807, 2.05) is 6.92 Å². The van der Waals surface area contributed by atoms with Gasteiger partial charge in [-0.25, -0.2) is 4.79 Å². The highest BCUT2D eigenvalue weighted by atomic mass is 16.6. The first-order valence-corrected chi connectivity index (χ1v) is 6.81. The van der Waals surface area contributed by atoms with Gasteiger partial charge in [-0.3, -0.25) is 14.3 Å². The van der Waals surface area contributed by atoms with Crippen molar-refractivity contribution in [2.75, 3.05) is 6.61 Å². The van der Waals surface area contributed by atoms with Crippen LogP contribution in [0.15, 0.2) is 21.9 Å². The Hall–Kier alpha value is -1.88. The van der Waals surface area contributed by atoms with Crippen LogP contribution in [0.1, 0.15) is 26.2 Å². The summed E-state index contributed by atoms with van der Waals surface area (Å²) in [6.45, 7) is 1.59. The van der Waals surface area contributed by atoms with Gasteiger partial charge in [0, 0.05) is 25.1 Å². The minimum Gasteiger partial charge on any atom is -0.394 e. The van der Waals surface area contributed by atoms with Crippen molar-refractivity contribution in [3.8, 4) is 11.8 Å². The summed E-state index contributed by atoms with van der Waals surface area (Å²) in [6.07, 6.45) is 1.03. The smallest absolute Gasteiger partial charge is 0.331 e. The Morgan fingerprint density at radius 3 is 2.90 bits per heavy atom. The molecule has 0 radical (unpaired) electrons. The van der Waals surface area contributed by atoms with Gasteiger partial charge in [0.15, 0.2) is 0 Å². The van der Waals surface area contributed by atoms with Crippen LogP contribution in [0.4, 0.5) is 0 Å². The molecule has 1 aliphatic heterocycles. The molecule has 1 aliphatic rings. The largest absolute Gasteiger partial charge is 0.394 e. The van der Waals surface area contributed by atoms with Gasteiger partial charge in [-0.2, -0.15) is 0 Å². The third-order valence-corrected chi connectivity index (χ3v) is 3.31. The van der Waals surface area contributed by atoms with E-state index in [1.165, 1.54) is 12.3 Å². The second-order valence-corrected chi connectivity index (χ2v) is 4.93. The molecule has 1 aromatic heterocycles. The Balaban J connectivity index is 2.50. The summed E-state index contributed by atoms with van der Waals surface area (Å²) in [7, 11) is 0. The van der Waals surface area contributed by atoms with Crippen LogP contribution < -0.4 is 11.2 Å². The summed E-state index contributed by atoms with van der Waals surface area (Å²) >= 11 is 0. The molecule has 21 heavy (non-hydrogen) atoms. The summed E-state index contributed by atoms with van der Waals surface area (Å²) in [4.78, 5) is 25.3. The van der Waals surface area contributed by atoms with Gasteiger partial charge in [-0.15, -0.1) is 0 Å². The predicted octanol–water partition coefficient (Wildman–Crippen LogP) is -0.865. The molecule has 114 valence electrons. The number of aromatic nitrogens is 2. The zero-order valence-electron chi connectivity index (χ0n) is 11.7. The molecule has 7 heteroatoms. The number of nitrogens with zero attached hydrogens (tertiary/aromatic N) is 1. The van der Waals surface area contributed by atoms with Crippen molar-refractivity contribution in [2.45, 2.75) is 44.1 Å². The Kier molecular flexibility index (Phi) is 4.63. The first kappa shape index (κ1) is 15.5. The lowest BCUT2D eigenvalue weighted by Gasteiger charge is -2.25. The Morgan fingerprint density at radius 1 is 1.57 bits per heavy atom. The Morgan fingerprint density at radius 2 is 2.33 bits per heavy atom. The lowest BCUT2D eigenvalue weighted by atomic mass is 10.1. The highest BCUT2D eigenvalue weighted by molar-refractivity contribution is 5.16. The molecule has 1 fully saturated rings. The number of ether oxygens (including phenoxy) is 1. The Labute approximate surface area is 121 Å². The van der Waals surface area contributed by atoms with Crippen molar-refractivity contribution in [1.82, 2.24) is 9.55 Å². The maximum absolute atomic E-state index is 12.0. The molecule has 0 aliphatic carbocycles. The van der Waals surface area contributed by atoms with Crippen molar-refractivity contribution in [3.63, 3.8) is 0 Å². The van der Waals surface area contributed by atoms with Crippen LogP contribution in [0.5, 0.6) is 0 Å². The second kappa shape index (κ2) is 6.26. The predicted molar refractivity (Wildman–Crippen MR) is 74.6 cm³/mol. The minimum atomic E-state index is -1.37. The van der Waals surface area contributed by atoms with Gasteiger partial charge in [0.2, 0.25) is 5.72 Å². The van der Waals surface area contributed by atoms with E-state index in [4.69, 9.17) is 4.74 Å². The topological polar surface area (TPSA) is 105 Å². The third-order valence-electron chi connectivity index (χ3n) is 3.31. The first-order chi connectivity index (χ1) is 10.0. The summed E-state index contributed by atoms with van der Waals surface area (Å²) in [5.74, 6) is 5.77. The van der Waals surface area contributed by atoms with Crippen molar-refractivity contribution >= 4 is 0 Å². The molecule has 0 amide bonds. The summed E-state index contributed by atoms with van der Waals surface area (Å²) in [5.41, 5.74) is -2.56. The van der Waals surface area contributed by atoms with E-state index in [0.29, 0.717) is 6.42 Å². The zero-order chi connectivity index (χ0) is 15.5. The van der Waals surface area contributed by atoms with Gasteiger partial charge in [0.25, 0.3) is 5.56 Å². The van der Waals surface area contributed by atoms with E-state index in [1.54, 1.807) is 0 Å². The molecular formula is C14H18N2O5. The first-order valence-electron chi connectivity index (χ1n) is 6.81. The van der Waals surface area contributed by atoms with Gasteiger partial charge < -0.3 is 14.9 Å². The van der Waals surface area contributed by atoms with Crippen molar-refractivity contribution in [3.05, 3.63) is 33.1 Å². The number of aromatic amines is 1. The molecular weight excluding hydrogens is 276 g/mol. The number of rotatable bonds is 3. The summed E-state index contributed by atoms with van der Waals surface area (Å²) in [5, 5.41) is 19.2. The van der Waals surface area contributed by atoms with Crippen molar-refractivity contribution < 1.29 is 14.9 Å². The van der Waals surface area contributed by atoms with Crippen LogP contribution in [0, 0.1) is 11.8 Å². The van der Waals surface area contributed by atoms with Gasteiger partial charge in [0.05, 0.1) is 12.7 Å². The number of hydrogen-bond acceptors (Lipinski definition) is 5. The normalized spacial score (nSPS) is 28.1. The number of unbranched alkanes of at least 4 members (excludes halogenated alkanes) is 1. The van der Waals surface area contributed by atoms with Gasteiger partial charge >= 0.3 is 5.69 Å². The van der Waals surface area contributed by atoms with Crippen LogP contribution in [-0.4, -0.2) is 38.6 Å². The van der Waals surface area contributed by atoms with Crippen LogP contribution in [0.25, 0.3) is 0 Å². The van der Waals surface area contributed by atoms with E-state index in [2.05, 4.69) is 16.8 Å². The van der Waals surface area contributed by atoms with Gasteiger partial charge in [-0.1, -0.05) is 12.8 Å². The SMILES string of the molecule is CCCC#C[C@]1(n2ccc(=O)[nH]c2=O)C[C@H](O)[C@@H](CO)O1. The van der Waals surface area contributed by atoms with E-state index < -0.39 is 29.2 Å². The molecule has 3 atom stereocenters. The molecule has 1 saturated heterocycles. The molecule has 3 N–H and O–H groups in total. The lowest BCUT2D eigenvalue weighted by Crippen LogP contribution is -2.43. The van der Waals surface area contributed by atoms with Crippen LogP contribution >= 0.6 is 0 Å². The monoisotopic (exact) mass is 294 g/mol. The fourth-order valence-corrected chi connectivity index (χ4v) is 2.27. The average Bonchev–Trinajstić information content (AvgIpc) is 2.76. The molecule has 0 saturated carbocycles. The molecule has 2 heterocycles. The standard InChI is InChI=1S/C14H18N2O5/c1-2-3-4-6-14(8-10(18)11(9-17)21-14)16-7-5-12(19)15-13(16)20/h5,7,10-11,17-18H,2-3,8-9H2,1H3,(H,15,19,20)/t10-,11+,14+/m0/s1. The quantitative estimate of drug-likeness (QED) is 0.629. The maximum atomic E-state index is 12.0. The molecule has 0 unspecified atom stereocenters. The molecule has 7 nitrogen and oxygen atoms in total. The summed E-state index contributed by atoms with van der Waals surface area (Å²) < 4.78 is 6.78. The van der Waals surface area contributed by atoms with Gasteiger partial charge in [-0.05, 0) is 12.3 Å². The lowest BCUT2D eigenvalue weighted by molar-refractivity contribution is -0.0837. The average molecular weight is 294 g/mol. The Bertz CT molecular complexity index is 668. The number of nitrogens with one attached hydrogen (secondary N) is 1. The van der Waals surface area contributed by atoms with Crippen LogP contribution in [0.2, 0.25) is 0 Å². The van der Waals surface area contributed by atoms with Gasteiger partial charge in [0.1, 0.15) is 6.10 Å². The van der Waals surface area contributed by atoms with Crippen LogP contribution in [-0.2, 0) is 10.5 Å². The molecule has 0 spiro atoms. The zero-order valence-corrected chi connectivity index (χ0v) is 11.7. The minimum absolute atomic E-state index is 0.0426. The summed E-state index contributed by atoms with van der Waals surface area (Å²) in [6, 6.07) is 1.19. The van der Waals surface area contributed by atoms with Crippen molar-refractivity contribution in [2.24, 2.45) is 0 Å². The second-order valence-electron chi connectivity index (χ2n) is 4.93. The number of aliphatic hydroxyl groups is 2. The van der Waals surface area contributed by atoms with E-state index in [9.17, 15) is 19.8 Å². The number of aliphatic hydroxyl groups excluding tert-OH is 2. The third kappa shape index (κ3) is 3.08. The molecule has 1 aromatic rings. The van der Waals surface area contributed by atoms with E-state index in [0.717, 1.165) is 11.0 Å². The number of hydrogen-bond donors (Lipinski definition) is 3. The fourth-order valence-electron chi connectivity index (χ4n) is 2.27. The van der Waals surface area contributed by atoms with Crippen LogP contribution in [0.3, 0.4) is 0 Å². The maximum Gasteiger partial charge on any atom is 0.331 e. The van der Waals surface area contributed by atoms with E-state index >= 15 is 0 Å². The number of H-pyrrole nitrogens is 1. The highest BCUT2D eigenvalue weighted by Crippen LogP contribution is 2.33. The molecule has 2 rings (SSSR count). The fraction of sp³-hybridized carbons (Fsp3) is 0.571. The highest BCUT2D eigenvalue weighted by Gasteiger charge is 2.47. The molecule has 0 aromatic carbocycles. The van der Waals surface area contributed by atoms with E-state index in [-0.39, 0.29) is 13.0 Å². The molecule has 0 bridgehead atoms.